The number of hydrogen-bond acceptors (Lipinski definition) is 4. The zero-order valence-electron chi connectivity index (χ0n) is 25.2. The van der Waals surface area contributed by atoms with Crippen molar-refractivity contribution in [3.8, 4) is 11.1 Å². The number of amides is 1. The van der Waals surface area contributed by atoms with Crippen LogP contribution in [0.15, 0.2) is 152 Å². The highest BCUT2D eigenvalue weighted by atomic mass is 16.5. The summed E-state index contributed by atoms with van der Waals surface area (Å²) in [5.41, 5.74) is 6.47. The van der Waals surface area contributed by atoms with Gasteiger partial charge in [-0.3, -0.25) is 4.79 Å². The molecule has 6 aromatic rings. The molecule has 0 aliphatic heterocycles. The Bertz CT molecular complexity index is 1800. The molecule has 6 nitrogen and oxygen atoms in total. The van der Waals surface area contributed by atoms with Crippen LogP contribution in [0.2, 0.25) is 0 Å². The summed E-state index contributed by atoms with van der Waals surface area (Å²) in [5, 5.41) is 2.98. The smallest absolute Gasteiger partial charge is 0.407 e. The van der Waals surface area contributed by atoms with Gasteiger partial charge in [0.1, 0.15) is 12.0 Å². The van der Waals surface area contributed by atoms with E-state index in [2.05, 4.69) is 39.6 Å². The normalized spacial score (nSPS) is 13.0. The number of carbonyl (C=O) groups is 2. The number of imidazole rings is 1. The molecule has 7 rings (SSSR count). The largest absolute Gasteiger partial charge is 0.449 e. The van der Waals surface area contributed by atoms with Gasteiger partial charge in [-0.05, 0) is 38.9 Å². The van der Waals surface area contributed by atoms with E-state index in [0.717, 1.165) is 44.6 Å². The fourth-order valence-electron chi connectivity index (χ4n) is 6.86. The van der Waals surface area contributed by atoms with E-state index in [-0.39, 0.29) is 24.7 Å². The molecule has 0 spiro atoms. The third-order valence-corrected chi connectivity index (χ3v) is 8.92. The van der Waals surface area contributed by atoms with E-state index in [4.69, 9.17) is 4.74 Å². The predicted molar refractivity (Wildman–Crippen MR) is 178 cm³/mol. The topological polar surface area (TPSA) is 84.1 Å². The lowest BCUT2D eigenvalue weighted by atomic mass is 9.64. The molecule has 46 heavy (non-hydrogen) atoms. The lowest BCUT2D eigenvalue weighted by Crippen LogP contribution is -2.52. The Labute approximate surface area is 268 Å². The lowest BCUT2D eigenvalue weighted by Gasteiger charge is -2.37. The van der Waals surface area contributed by atoms with Crippen molar-refractivity contribution in [2.75, 3.05) is 6.61 Å². The highest BCUT2D eigenvalue weighted by molar-refractivity contribution is 6.02. The fraction of sp³-hybridized carbons (Fsp3) is 0.125. The van der Waals surface area contributed by atoms with E-state index in [1.165, 1.54) is 0 Å². The van der Waals surface area contributed by atoms with Gasteiger partial charge in [-0.25, -0.2) is 9.78 Å². The van der Waals surface area contributed by atoms with Crippen LogP contribution in [0.5, 0.6) is 0 Å². The first kappa shape index (κ1) is 29.0. The number of ether oxygens (including phenoxy) is 1. The van der Waals surface area contributed by atoms with Gasteiger partial charge in [0.2, 0.25) is 0 Å². The van der Waals surface area contributed by atoms with Crippen LogP contribution in [0.25, 0.3) is 11.1 Å². The molecule has 0 saturated carbocycles. The van der Waals surface area contributed by atoms with Crippen LogP contribution in [0.4, 0.5) is 4.79 Å². The Kier molecular flexibility index (Phi) is 8.00. The summed E-state index contributed by atoms with van der Waals surface area (Å²) in [7, 11) is 0. The Morgan fingerprint density at radius 1 is 0.696 bits per heavy atom. The third-order valence-electron chi connectivity index (χ3n) is 8.92. The number of carbonyl (C=O) groups excluding carboxylic acids is 2. The SMILES string of the molecule is O=C(N[C@@H](Cc1cnc[nH]1)C(=O)C(c1ccccc1)(c1ccccc1)c1ccccc1)OCC1c2ccccc2-c2ccccc21. The van der Waals surface area contributed by atoms with Gasteiger partial charge in [0.15, 0.2) is 5.78 Å². The summed E-state index contributed by atoms with van der Waals surface area (Å²) in [6.45, 7) is 0.145. The summed E-state index contributed by atoms with van der Waals surface area (Å²) in [5.74, 6) is -0.281. The Morgan fingerprint density at radius 2 is 1.17 bits per heavy atom. The van der Waals surface area contributed by atoms with Crippen LogP contribution in [0.1, 0.15) is 39.4 Å². The number of aromatic amines is 1. The first-order valence-electron chi connectivity index (χ1n) is 15.5. The number of H-pyrrole nitrogens is 1. The Balaban J connectivity index is 1.25. The average molecular weight is 604 g/mol. The minimum absolute atomic E-state index is 0.100. The van der Waals surface area contributed by atoms with Crippen molar-refractivity contribution in [3.63, 3.8) is 0 Å². The number of fused-ring (bicyclic) bond motifs is 3. The highest BCUT2D eigenvalue weighted by Gasteiger charge is 2.47. The van der Waals surface area contributed by atoms with Gasteiger partial charge in [-0.15, -0.1) is 0 Å². The van der Waals surface area contributed by atoms with Crippen molar-refractivity contribution in [1.82, 2.24) is 15.3 Å². The summed E-state index contributed by atoms with van der Waals surface area (Å²) in [4.78, 5) is 36.3. The molecule has 0 fully saturated rings. The fourth-order valence-corrected chi connectivity index (χ4v) is 6.86. The molecule has 6 heteroatoms. The van der Waals surface area contributed by atoms with E-state index < -0.39 is 17.6 Å². The highest BCUT2D eigenvalue weighted by Crippen LogP contribution is 2.45. The number of benzene rings is 5. The monoisotopic (exact) mass is 603 g/mol. The van der Waals surface area contributed by atoms with Crippen molar-refractivity contribution in [2.45, 2.75) is 23.8 Å². The van der Waals surface area contributed by atoms with E-state index in [0.29, 0.717) is 0 Å². The molecule has 226 valence electrons. The van der Waals surface area contributed by atoms with Gasteiger partial charge in [-0.1, -0.05) is 140 Å². The zero-order valence-corrected chi connectivity index (χ0v) is 25.2. The molecule has 0 bridgehead atoms. The zero-order chi connectivity index (χ0) is 31.3. The predicted octanol–water partition coefficient (Wildman–Crippen LogP) is 7.46. The van der Waals surface area contributed by atoms with Gasteiger partial charge in [-0.2, -0.15) is 0 Å². The first-order valence-corrected chi connectivity index (χ1v) is 15.5. The maximum Gasteiger partial charge on any atom is 0.407 e. The summed E-state index contributed by atoms with van der Waals surface area (Å²) in [6, 6.07) is 44.7. The van der Waals surface area contributed by atoms with Crippen molar-refractivity contribution < 1.29 is 14.3 Å². The maximum absolute atomic E-state index is 15.3. The second-order valence-electron chi connectivity index (χ2n) is 11.5. The van der Waals surface area contributed by atoms with Crippen molar-refractivity contribution in [1.29, 1.82) is 0 Å². The van der Waals surface area contributed by atoms with Crippen molar-refractivity contribution in [2.24, 2.45) is 0 Å². The third kappa shape index (κ3) is 5.28. The summed E-state index contributed by atoms with van der Waals surface area (Å²) in [6.07, 6.45) is 2.80. The number of nitrogens with zero attached hydrogens (tertiary/aromatic N) is 1. The Morgan fingerprint density at radius 3 is 1.65 bits per heavy atom. The van der Waals surface area contributed by atoms with Gasteiger partial charge in [0.05, 0.1) is 12.4 Å². The van der Waals surface area contributed by atoms with E-state index in [1.54, 1.807) is 12.5 Å². The number of rotatable bonds is 10. The molecule has 1 aliphatic rings. The van der Waals surface area contributed by atoms with Gasteiger partial charge in [0.25, 0.3) is 0 Å². The number of aromatic nitrogens is 2. The van der Waals surface area contributed by atoms with E-state index in [9.17, 15) is 4.79 Å². The van der Waals surface area contributed by atoms with Crippen LogP contribution in [-0.4, -0.2) is 34.5 Å². The van der Waals surface area contributed by atoms with Crippen molar-refractivity contribution in [3.05, 3.63) is 186 Å². The summed E-state index contributed by atoms with van der Waals surface area (Å²) >= 11 is 0. The van der Waals surface area contributed by atoms with Gasteiger partial charge in [0, 0.05) is 24.2 Å². The van der Waals surface area contributed by atoms with Crippen molar-refractivity contribution >= 4 is 11.9 Å². The average Bonchev–Trinajstić information content (AvgIpc) is 3.75. The van der Waals surface area contributed by atoms with Gasteiger partial charge >= 0.3 is 6.09 Å². The van der Waals surface area contributed by atoms with Gasteiger partial charge < -0.3 is 15.0 Å². The molecular formula is C40H33N3O3. The molecule has 1 aromatic heterocycles. The summed E-state index contributed by atoms with van der Waals surface area (Å²) < 4.78 is 5.94. The van der Waals surface area contributed by atoms with Crippen LogP contribution >= 0.6 is 0 Å². The molecule has 0 saturated heterocycles. The van der Waals surface area contributed by atoms with Crippen LogP contribution < -0.4 is 5.32 Å². The molecule has 5 aromatic carbocycles. The molecule has 1 atom stereocenters. The standard InChI is InChI=1S/C40H33N3O3/c44-38(40(28-14-4-1-5-15-28,29-16-6-2-7-17-29)30-18-8-3-9-19-30)37(24-31-25-41-27-42-31)43-39(45)46-26-36-34-22-12-10-20-32(34)33-21-11-13-23-35(33)36/h1-23,25,27,36-37H,24,26H2,(H,41,42)(H,43,45)/t37-/m0/s1. The molecule has 2 N–H and O–H groups in total. The van der Waals surface area contributed by atoms with Crippen LogP contribution in [-0.2, 0) is 21.4 Å². The maximum atomic E-state index is 15.3. The molecule has 1 aliphatic carbocycles. The first-order chi connectivity index (χ1) is 22.7. The van der Waals surface area contributed by atoms with Crippen LogP contribution in [0, 0.1) is 0 Å². The van der Waals surface area contributed by atoms with E-state index in [1.807, 2.05) is 115 Å². The number of alkyl carbamates (subject to hydrolysis) is 1. The lowest BCUT2D eigenvalue weighted by molar-refractivity contribution is -0.124. The number of ketones is 1. The minimum atomic E-state index is -1.22. The second kappa shape index (κ2) is 12.7. The molecule has 1 heterocycles. The molecule has 1 amide bonds. The number of nitrogens with one attached hydrogen (secondary N) is 2. The number of hydrogen-bond donors (Lipinski definition) is 2. The molecule has 0 unspecified atom stereocenters. The molecular weight excluding hydrogens is 570 g/mol. The number of Topliss-reactive ketones (excluding diaryl/α,β-unsaturated/α-hetero) is 1. The quantitative estimate of drug-likeness (QED) is 0.159. The Hall–Kier alpha value is -5.75. The second-order valence-corrected chi connectivity index (χ2v) is 11.5. The van der Waals surface area contributed by atoms with Crippen LogP contribution in [0.3, 0.4) is 0 Å². The van der Waals surface area contributed by atoms with E-state index >= 15 is 4.79 Å². The molecule has 0 radical (unpaired) electrons. The minimum Gasteiger partial charge on any atom is -0.449 e.